The number of amides is 1. The summed E-state index contributed by atoms with van der Waals surface area (Å²) in [5, 5.41) is 23.6. The van der Waals surface area contributed by atoms with Gasteiger partial charge in [0, 0.05) is 65.9 Å². The fourth-order valence-electron chi connectivity index (χ4n) is 10.7. The Kier molecular flexibility index (Phi) is 22.5. The van der Waals surface area contributed by atoms with Crippen molar-refractivity contribution in [2.75, 3.05) is 41.2 Å². The first-order valence-corrected chi connectivity index (χ1v) is 27.8. The van der Waals surface area contributed by atoms with Crippen LogP contribution in [0.5, 0.6) is 0 Å². The first-order valence-electron chi connectivity index (χ1n) is 25.3. The van der Waals surface area contributed by atoms with Crippen molar-refractivity contribution in [1.29, 1.82) is 0 Å². The Morgan fingerprint density at radius 2 is 1.59 bits per heavy atom. The minimum Gasteiger partial charge on any atom is -0.460 e. The van der Waals surface area contributed by atoms with Gasteiger partial charge in [-0.25, -0.2) is 4.79 Å². The molecule has 0 aromatic heterocycles. The lowest BCUT2D eigenvalue weighted by Gasteiger charge is -2.42. The van der Waals surface area contributed by atoms with Crippen LogP contribution in [0, 0.1) is 35.5 Å². The maximum Gasteiger partial charge on any atom is 0.329 e. The molecule has 2 bridgehead atoms. The number of nitrogens with zero attached hydrogens (tertiary/aromatic N) is 1. The van der Waals surface area contributed by atoms with Gasteiger partial charge in [0.15, 0.2) is 7.37 Å². The number of piperidine rings is 1. The third-order valence-corrected chi connectivity index (χ3v) is 15.9. The highest BCUT2D eigenvalue weighted by Gasteiger charge is 2.53. The normalized spacial score (nSPS) is 39.0. The zero-order valence-corrected chi connectivity index (χ0v) is 44.6. The maximum atomic E-state index is 14.5. The molecule has 69 heavy (non-hydrogen) atoms. The number of rotatable bonds is 8. The number of hydrogen-bond acceptors (Lipinski definition) is 13. The Labute approximate surface area is 413 Å². The zero-order valence-electron chi connectivity index (χ0n) is 43.7. The topological polar surface area (TPSA) is 184 Å². The van der Waals surface area contributed by atoms with E-state index < -0.39 is 79.2 Å². The van der Waals surface area contributed by atoms with Gasteiger partial charge < -0.3 is 43.3 Å². The van der Waals surface area contributed by atoms with Crippen molar-refractivity contribution in [3.8, 4) is 0 Å². The summed E-state index contributed by atoms with van der Waals surface area (Å²) >= 11 is 0. The van der Waals surface area contributed by atoms with Gasteiger partial charge >= 0.3 is 5.97 Å². The smallest absolute Gasteiger partial charge is 0.329 e. The van der Waals surface area contributed by atoms with Crippen LogP contribution in [0.2, 0.25) is 0 Å². The standard InChI is InChI=1S/C54H86NO13P/c1-33-19-15-14-16-20-34(2)46(63-9)31-42-24-22-39(7)54(61,67-42)51(58)52(59)55-26-18-17-21-43(55)53(60)66-47(37(5)29-41-23-25-45(48(30-41)64-10)68-69(12,13)62)32-44(56)36(4)28-38(6)49(57)50(65-11)40(8)35(3)27-33/h14-16,19-20,28,33,35-37,39,41-43,45-50,57,61H,8,17-18,21-27,29-32H2,1-7,9-13H3/b16-14+,19-15+,34-20+,38-28+/t33-,35-,36-,37-,39-,41+,42+,43+,45-,46+,47+,48-,49-,50+,54-/m1/s1. The van der Waals surface area contributed by atoms with Gasteiger partial charge in [0.2, 0.25) is 5.79 Å². The predicted molar refractivity (Wildman–Crippen MR) is 268 cm³/mol. The molecule has 0 spiro atoms. The minimum atomic E-state index is -2.78. The van der Waals surface area contributed by atoms with Crippen molar-refractivity contribution in [3.63, 3.8) is 0 Å². The minimum absolute atomic E-state index is 0.00672. The first-order chi connectivity index (χ1) is 32.4. The molecular formula is C54H86NO13P. The molecule has 1 saturated carbocycles. The molecule has 4 aliphatic rings. The van der Waals surface area contributed by atoms with E-state index in [4.69, 9.17) is 28.2 Å². The molecule has 4 rings (SSSR count). The van der Waals surface area contributed by atoms with E-state index in [2.05, 4.69) is 26.5 Å². The summed E-state index contributed by atoms with van der Waals surface area (Å²) in [6.07, 6.45) is 13.1. The lowest BCUT2D eigenvalue weighted by Crippen LogP contribution is -2.61. The van der Waals surface area contributed by atoms with Crippen LogP contribution in [0.25, 0.3) is 0 Å². The van der Waals surface area contributed by atoms with Crippen LogP contribution in [0.4, 0.5) is 0 Å². The van der Waals surface area contributed by atoms with Crippen molar-refractivity contribution in [2.24, 2.45) is 35.5 Å². The van der Waals surface area contributed by atoms with Crippen molar-refractivity contribution in [2.45, 2.75) is 180 Å². The second kappa shape index (κ2) is 26.6. The van der Waals surface area contributed by atoms with Crippen LogP contribution in [-0.4, -0.2) is 134 Å². The fraction of sp³-hybridized carbons (Fsp3) is 0.741. The number of cyclic esters (lactones) is 1. The van der Waals surface area contributed by atoms with E-state index in [1.165, 1.54) is 12.0 Å². The Morgan fingerprint density at radius 1 is 0.884 bits per heavy atom. The average molecular weight is 988 g/mol. The van der Waals surface area contributed by atoms with Crippen molar-refractivity contribution in [1.82, 2.24) is 4.90 Å². The molecule has 14 nitrogen and oxygen atoms in total. The highest BCUT2D eigenvalue weighted by atomic mass is 31.2. The molecule has 1 aliphatic carbocycles. The Morgan fingerprint density at radius 3 is 2.25 bits per heavy atom. The molecule has 3 fully saturated rings. The summed E-state index contributed by atoms with van der Waals surface area (Å²) in [6, 6.07) is -1.13. The summed E-state index contributed by atoms with van der Waals surface area (Å²) in [6.45, 7) is 20.9. The summed E-state index contributed by atoms with van der Waals surface area (Å²) in [4.78, 5) is 58.6. The lowest BCUT2D eigenvalue weighted by atomic mass is 9.78. The number of esters is 1. The molecule has 0 radical (unpaired) electrons. The summed E-state index contributed by atoms with van der Waals surface area (Å²) in [7, 11) is 1.97. The molecule has 3 aliphatic heterocycles. The quantitative estimate of drug-likeness (QED) is 0.102. The number of carbonyl (C=O) groups is 4. The number of aliphatic hydroxyl groups is 2. The zero-order chi connectivity index (χ0) is 51.4. The molecule has 390 valence electrons. The molecule has 0 aromatic rings. The number of Topliss-reactive ketones (excluding diaryl/α,β-unsaturated/α-hetero) is 2. The van der Waals surface area contributed by atoms with E-state index in [1.807, 2.05) is 38.2 Å². The number of aliphatic hydroxyl groups excluding tert-OH is 1. The lowest BCUT2D eigenvalue weighted by molar-refractivity contribution is -0.265. The number of ether oxygens (including phenoxy) is 5. The van der Waals surface area contributed by atoms with Crippen molar-refractivity contribution in [3.05, 3.63) is 59.8 Å². The predicted octanol–water partition coefficient (Wildman–Crippen LogP) is 8.73. The fourth-order valence-corrected chi connectivity index (χ4v) is 11.6. The Balaban J connectivity index is 1.70. The molecule has 15 heteroatoms. The second-order valence-electron chi connectivity index (χ2n) is 21.1. The van der Waals surface area contributed by atoms with Crippen LogP contribution < -0.4 is 0 Å². The molecule has 2 N–H and O–H groups in total. The van der Waals surface area contributed by atoms with E-state index in [0.29, 0.717) is 56.9 Å². The third kappa shape index (κ3) is 16.2. The summed E-state index contributed by atoms with van der Waals surface area (Å²) in [5.41, 5.74) is 2.19. The largest absolute Gasteiger partial charge is 0.460 e. The maximum absolute atomic E-state index is 14.5. The van der Waals surface area contributed by atoms with Crippen LogP contribution in [-0.2, 0) is 52.0 Å². The molecule has 1 amide bonds. The van der Waals surface area contributed by atoms with E-state index in [-0.39, 0.29) is 61.0 Å². The van der Waals surface area contributed by atoms with Crippen molar-refractivity contribution >= 4 is 30.8 Å². The molecule has 0 unspecified atom stereocenters. The third-order valence-electron chi connectivity index (χ3n) is 15.1. The Bertz CT molecular complexity index is 1940. The number of ketones is 2. The first kappa shape index (κ1) is 58.5. The van der Waals surface area contributed by atoms with Gasteiger partial charge in [-0.1, -0.05) is 77.7 Å². The van der Waals surface area contributed by atoms with Gasteiger partial charge in [0.1, 0.15) is 30.1 Å². The highest BCUT2D eigenvalue weighted by molar-refractivity contribution is 7.57. The van der Waals surface area contributed by atoms with Gasteiger partial charge in [-0.2, -0.15) is 0 Å². The number of hydrogen-bond donors (Lipinski definition) is 2. The van der Waals surface area contributed by atoms with Gasteiger partial charge in [-0.05, 0) is 118 Å². The van der Waals surface area contributed by atoms with E-state index in [0.717, 1.165) is 24.0 Å². The monoisotopic (exact) mass is 988 g/mol. The Hall–Kier alpha value is -3.07. The number of allylic oxidation sites excluding steroid dienone is 6. The molecule has 15 atom stereocenters. The number of carbonyl (C=O) groups excluding carboxylic acids is 4. The number of fused-ring (bicyclic) bond motifs is 3. The molecular weight excluding hydrogens is 902 g/mol. The van der Waals surface area contributed by atoms with E-state index in [1.54, 1.807) is 54.4 Å². The van der Waals surface area contributed by atoms with Gasteiger partial charge in [-0.3, -0.25) is 18.9 Å². The highest BCUT2D eigenvalue weighted by Crippen LogP contribution is 2.45. The summed E-state index contributed by atoms with van der Waals surface area (Å²) in [5.74, 6) is -6.95. The van der Waals surface area contributed by atoms with Gasteiger partial charge in [0.05, 0.1) is 24.4 Å². The van der Waals surface area contributed by atoms with Gasteiger partial charge in [-0.15, -0.1) is 0 Å². The van der Waals surface area contributed by atoms with Gasteiger partial charge in [0.25, 0.3) is 11.7 Å². The molecule has 2 saturated heterocycles. The van der Waals surface area contributed by atoms with E-state index in [9.17, 15) is 34.0 Å². The summed E-state index contributed by atoms with van der Waals surface area (Å²) < 4.78 is 48.6. The van der Waals surface area contributed by atoms with Crippen molar-refractivity contribution < 1.29 is 62.2 Å². The van der Waals surface area contributed by atoms with Crippen LogP contribution >= 0.6 is 7.37 Å². The van der Waals surface area contributed by atoms with Crippen LogP contribution in [0.15, 0.2) is 59.8 Å². The van der Waals surface area contributed by atoms with E-state index >= 15 is 0 Å². The average Bonchev–Trinajstić information content (AvgIpc) is 3.30. The second-order valence-corrected chi connectivity index (χ2v) is 23.8. The molecule has 0 aromatic carbocycles. The van der Waals surface area contributed by atoms with Crippen LogP contribution in [0.3, 0.4) is 0 Å². The van der Waals surface area contributed by atoms with Crippen LogP contribution in [0.1, 0.15) is 126 Å². The molecule has 3 heterocycles. The SMILES string of the molecule is C=C1[C@H](C)C[C@H](C)/C=C/C=C/C=C(\C)[C@@H](OC)C[C@@H]2CC[C@@H](C)[C@@](O)(O2)C(=O)C(=O)N2CCCC[C@H]2C(=O)O[C@H]([C@H](C)C[C@@H]2CC[C@@H](OP(C)(C)=O)[C@H](OC)C2)CC(=O)[C@H](C)/C=C(\C)[C@@H](O)[C@H]1OC. The number of methoxy groups -OCH3 is 3.